The van der Waals surface area contributed by atoms with Crippen molar-refractivity contribution in [3.05, 3.63) is 80.7 Å². The summed E-state index contributed by atoms with van der Waals surface area (Å²) in [4.78, 5) is 32.8. The predicted octanol–water partition coefficient (Wildman–Crippen LogP) is 4.45. The summed E-state index contributed by atoms with van der Waals surface area (Å²) >= 11 is 3.47. The number of nitrogens with zero attached hydrogens (tertiary/aromatic N) is 1. The summed E-state index contributed by atoms with van der Waals surface area (Å²) in [6.45, 7) is 3.04. The fourth-order valence-corrected chi connectivity index (χ4v) is 4.22. The number of benzene rings is 2. The first-order valence-electron chi connectivity index (χ1n) is 10.4. The SMILES string of the molecule is CCc1cc(=O)[nH]c(-c2cccc(NC(=O)C3(c4ccc(Br)cc4)CCOCC3)c2)n1. The zero-order chi connectivity index (χ0) is 21.8. The van der Waals surface area contributed by atoms with Crippen LogP contribution in [0.5, 0.6) is 0 Å². The van der Waals surface area contributed by atoms with Gasteiger partial charge in [-0.2, -0.15) is 0 Å². The van der Waals surface area contributed by atoms with Gasteiger partial charge in [0.15, 0.2) is 0 Å². The minimum atomic E-state index is -0.649. The number of halogens is 1. The Morgan fingerprint density at radius 3 is 2.61 bits per heavy atom. The second-order valence-electron chi connectivity index (χ2n) is 7.68. The highest BCUT2D eigenvalue weighted by Crippen LogP contribution is 2.37. The number of hydrogen-bond acceptors (Lipinski definition) is 4. The molecule has 160 valence electrons. The molecule has 6 nitrogen and oxygen atoms in total. The number of H-pyrrole nitrogens is 1. The van der Waals surface area contributed by atoms with Gasteiger partial charge in [-0.1, -0.05) is 47.1 Å². The second-order valence-corrected chi connectivity index (χ2v) is 8.59. The van der Waals surface area contributed by atoms with Crippen molar-refractivity contribution < 1.29 is 9.53 Å². The topological polar surface area (TPSA) is 84.1 Å². The van der Waals surface area contributed by atoms with E-state index in [2.05, 4.69) is 31.2 Å². The molecule has 2 N–H and O–H groups in total. The van der Waals surface area contributed by atoms with E-state index in [0.717, 1.165) is 21.3 Å². The van der Waals surface area contributed by atoms with E-state index in [4.69, 9.17) is 4.74 Å². The van der Waals surface area contributed by atoms with Gasteiger partial charge in [0, 0.05) is 40.7 Å². The fourth-order valence-electron chi connectivity index (χ4n) is 3.96. The van der Waals surface area contributed by atoms with Crippen molar-refractivity contribution in [2.45, 2.75) is 31.6 Å². The molecule has 1 aliphatic heterocycles. The van der Waals surface area contributed by atoms with Gasteiger partial charge in [0.2, 0.25) is 5.91 Å². The number of ether oxygens (including phenoxy) is 1. The maximum atomic E-state index is 13.5. The molecule has 0 bridgehead atoms. The molecule has 31 heavy (non-hydrogen) atoms. The summed E-state index contributed by atoms with van der Waals surface area (Å²) in [5.41, 5.74) is 2.28. The van der Waals surface area contributed by atoms with E-state index in [9.17, 15) is 9.59 Å². The lowest BCUT2D eigenvalue weighted by Gasteiger charge is -2.36. The lowest BCUT2D eigenvalue weighted by molar-refractivity contribution is -0.125. The van der Waals surface area contributed by atoms with Crippen LogP contribution in [0.1, 0.15) is 31.0 Å². The summed E-state index contributed by atoms with van der Waals surface area (Å²) < 4.78 is 6.52. The molecule has 0 unspecified atom stereocenters. The average molecular weight is 482 g/mol. The van der Waals surface area contributed by atoms with Crippen LogP contribution < -0.4 is 10.9 Å². The van der Waals surface area contributed by atoms with Crippen molar-refractivity contribution in [2.75, 3.05) is 18.5 Å². The van der Waals surface area contributed by atoms with Crippen LogP contribution >= 0.6 is 15.9 Å². The van der Waals surface area contributed by atoms with E-state index in [1.54, 1.807) is 0 Å². The van der Waals surface area contributed by atoms with E-state index in [-0.39, 0.29) is 11.5 Å². The highest BCUT2D eigenvalue weighted by molar-refractivity contribution is 9.10. The number of aromatic amines is 1. The van der Waals surface area contributed by atoms with E-state index < -0.39 is 5.41 Å². The number of carbonyl (C=O) groups excluding carboxylic acids is 1. The molecule has 1 fully saturated rings. The monoisotopic (exact) mass is 481 g/mol. The van der Waals surface area contributed by atoms with Gasteiger partial charge < -0.3 is 15.0 Å². The summed E-state index contributed by atoms with van der Waals surface area (Å²) in [5, 5.41) is 3.09. The molecule has 2 aromatic carbocycles. The quantitative estimate of drug-likeness (QED) is 0.563. The Bertz CT molecular complexity index is 1140. The predicted molar refractivity (Wildman–Crippen MR) is 124 cm³/mol. The number of aromatic nitrogens is 2. The molecule has 0 saturated carbocycles. The van der Waals surface area contributed by atoms with Gasteiger partial charge in [0.05, 0.1) is 5.41 Å². The Hall–Kier alpha value is -2.77. The Balaban J connectivity index is 1.64. The Labute approximate surface area is 189 Å². The van der Waals surface area contributed by atoms with Crippen LogP contribution in [-0.2, 0) is 21.4 Å². The van der Waals surface area contributed by atoms with Crippen LogP contribution in [0.25, 0.3) is 11.4 Å². The van der Waals surface area contributed by atoms with E-state index in [1.807, 2.05) is 55.5 Å². The lowest BCUT2D eigenvalue weighted by atomic mass is 9.73. The third kappa shape index (κ3) is 4.62. The number of aryl methyl sites for hydroxylation is 1. The van der Waals surface area contributed by atoms with E-state index in [0.29, 0.717) is 44.0 Å². The highest BCUT2D eigenvalue weighted by Gasteiger charge is 2.41. The van der Waals surface area contributed by atoms with Gasteiger partial charge in [-0.05, 0) is 49.1 Å². The zero-order valence-corrected chi connectivity index (χ0v) is 18.9. The van der Waals surface area contributed by atoms with Gasteiger partial charge >= 0.3 is 0 Å². The first-order chi connectivity index (χ1) is 15.0. The molecule has 2 heterocycles. The van der Waals surface area contributed by atoms with E-state index >= 15 is 0 Å². The number of anilines is 1. The van der Waals surface area contributed by atoms with Crippen LogP contribution in [-0.4, -0.2) is 29.1 Å². The van der Waals surface area contributed by atoms with Gasteiger partial charge in [-0.15, -0.1) is 0 Å². The van der Waals surface area contributed by atoms with Crippen molar-refractivity contribution in [2.24, 2.45) is 0 Å². The lowest BCUT2D eigenvalue weighted by Crippen LogP contribution is -2.44. The van der Waals surface area contributed by atoms with Crippen molar-refractivity contribution in [3.63, 3.8) is 0 Å². The van der Waals surface area contributed by atoms with Crippen LogP contribution in [0.3, 0.4) is 0 Å². The third-order valence-corrected chi connectivity index (χ3v) is 6.26. The molecule has 1 saturated heterocycles. The van der Waals surface area contributed by atoms with Crippen molar-refractivity contribution in [3.8, 4) is 11.4 Å². The number of nitrogens with one attached hydrogen (secondary N) is 2. The Kier molecular flexibility index (Phi) is 6.34. The van der Waals surface area contributed by atoms with Crippen LogP contribution in [0.2, 0.25) is 0 Å². The molecule has 0 aliphatic carbocycles. The third-order valence-electron chi connectivity index (χ3n) is 5.73. The van der Waals surface area contributed by atoms with Crippen molar-refractivity contribution in [1.29, 1.82) is 0 Å². The Morgan fingerprint density at radius 2 is 1.90 bits per heavy atom. The number of rotatable bonds is 5. The summed E-state index contributed by atoms with van der Waals surface area (Å²) in [6, 6.07) is 16.8. The minimum Gasteiger partial charge on any atom is -0.381 e. The van der Waals surface area contributed by atoms with Gasteiger partial charge in [0.25, 0.3) is 5.56 Å². The maximum Gasteiger partial charge on any atom is 0.251 e. The molecular weight excluding hydrogens is 458 g/mol. The summed E-state index contributed by atoms with van der Waals surface area (Å²) in [6.07, 6.45) is 1.91. The molecular formula is C24H24BrN3O3. The highest BCUT2D eigenvalue weighted by atomic mass is 79.9. The molecule has 1 aromatic heterocycles. The van der Waals surface area contributed by atoms with Crippen LogP contribution in [0.4, 0.5) is 5.69 Å². The van der Waals surface area contributed by atoms with Gasteiger partial charge in [-0.25, -0.2) is 4.98 Å². The molecule has 3 aromatic rings. The maximum absolute atomic E-state index is 13.5. The summed E-state index contributed by atoms with van der Waals surface area (Å²) in [5.74, 6) is 0.438. The molecule has 0 spiro atoms. The minimum absolute atomic E-state index is 0.0564. The number of carbonyl (C=O) groups is 1. The number of amides is 1. The Morgan fingerprint density at radius 1 is 1.16 bits per heavy atom. The standard InChI is InChI=1S/C24H24BrN3O3/c1-2-19-15-21(29)28-22(26-19)16-4-3-5-20(14-16)27-23(30)24(10-12-31-13-11-24)17-6-8-18(25)9-7-17/h3-9,14-15H,2,10-13H2,1H3,(H,27,30)(H,26,28,29). The van der Waals surface area contributed by atoms with Crippen LogP contribution in [0, 0.1) is 0 Å². The van der Waals surface area contributed by atoms with Crippen LogP contribution in [0.15, 0.2) is 63.9 Å². The zero-order valence-electron chi connectivity index (χ0n) is 17.3. The molecule has 7 heteroatoms. The van der Waals surface area contributed by atoms with E-state index in [1.165, 1.54) is 6.07 Å². The first kappa shape index (κ1) is 21.5. The number of hydrogen-bond donors (Lipinski definition) is 2. The smallest absolute Gasteiger partial charge is 0.251 e. The first-order valence-corrected chi connectivity index (χ1v) is 11.2. The van der Waals surface area contributed by atoms with Gasteiger partial charge in [-0.3, -0.25) is 9.59 Å². The molecule has 1 amide bonds. The summed E-state index contributed by atoms with van der Waals surface area (Å²) in [7, 11) is 0. The normalized spacial score (nSPS) is 15.4. The fraction of sp³-hybridized carbons (Fsp3) is 0.292. The van der Waals surface area contributed by atoms with Gasteiger partial charge in [0.1, 0.15) is 5.82 Å². The molecule has 1 aliphatic rings. The second kappa shape index (κ2) is 9.16. The molecule has 4 rings (SSSR count). The van der Waals surface area contributed by atoms with Crippen molar-refractivity contribution >= 4 is 27.5 Å². The molecule has 0 atom stereocenters. The van der Waals surface area contributed by atoms with Crippen molar-refractivity contribution in [1.82, 2.24) is 9.97 Å². The largest absolute Gasteiger partial charge is 0.381 e. The molecule has 0 radical (unpaired) electrons. The average Bonchev–Trinajstić information content (AvgIpc) is 2.79.